The summed E-state index contributed by atoms with van der Waals surface area (Å²) in [4.78, 5) is 36.7. The summed E-state index contributed by atoms with van der Waals surface area (Å²) in [6.07, 6.45) is 0.571. The van der Waals surface area contributed by atoms with E-state index in [1.54, 1.807) is 0 Å². The molecular weight excluding hydrogens is 446 g/mol. The lowest BCUT2D eigenvalue weighted by Crippen LogP contribution is -2.41. The number of nitro groups is 1. The zero-order valence-corrected chi connectivity index (χ0v) is 20.1. The van der Waals surface area contributed by atoms with E-state index in [1.165, 1.54) is 6.07 Å². The lowest BCUT2D eigenvalue weighted by Gasteiger charge is -2.26. The van der Waals surface area contributed by atoms with Crippen LogP contribution < -0.4 is 21.1 Å². The van der Waals surface area contributed by atoms with Crippen molar-refractivity contribution in [1.29, 1.82) is 0 Å². The van der Waals surface area contributed by atoms with Gasteiger partial charge < -0.3 is 30.6 Å². The summed E-state index contributed by atoms with van der Waals surface area (Å²) in [5.74, 6) is -0.609. The van der Waals surface area contributed by atoms with Gasteiger partial charge in [-0.1, -0.05) is 0 Å². The highest BCUT2D eigenvalue weighted by molar-refractivity contribution is 5.95. The standard InChI is InChI=1S/C22H35N5O7/c1-22(2,3)25-21(29)34-10-4-6-24-19-17(27(30)31)14-16(20(23)28)15-18(19)33-11-5-7-26-8-12-32-13-9-26/h14-15,24H,4-13H2,1-3H3,(H2,23,28)(H,25,29). The highest BCUT2D eigenvalue weighted by Gasteiger charge is 2.23. The fourth-order valence-corrected chi connectivity index (χ4v) is 3.27. The van der Waals surface area contributed by atoms with E-state index in [1.807, 2.05) is 20.8 Å². The molecule has 1 aliphatic rings. The maximum Gasteiger partial charge on any atom is 0.407 e. The normalized spacial score (nSPS) is 14.3. The molecule has 0 aromatic heterocycles. The number of alkyl carbamates (subject to hydrolysis) is 1. The van der Waals surface area contributed by atoms with Crippen molar-refractivity contribution in [3.63, 3.8) is 0 Å². The number of nitrogens with zero attached hydrogens (tertiary/aromatic N) is 2. The monoisotopic (exact) mass is 481 g/mol. The molecule has 1 aliphatic heterocycles. The van der Waals surface area contributed by atoms with Crippen LogP contribution in [0.1, 0.15) is 44.0 Å². The first-order valence-corrected chi connectivity index (χ1v) is 11.3. The molecule has 1 aromatic rings. The zero-order chi connectivity index (χ0) is 25.1. The molecule has 0 aliphatic carbocycles. The topological polar surface area (TPSA) is 158 Å². The van der Waals surface area contributed by atoms with Crippen molar-refractivity contribution in [1.82, 2.24) is 10.2 Å². The van der Waals surface area contributed by atoms with Crippen molar-refractivity contribution in [3.05, 3.63) is 27.8 Å². The lowest BCUT2D eigenvalue weighted by atomic mass is 10.1. The van der Waals surface area contributed by atoms with E-state index in [-0.39, 0.29) is 35.8 Å². The fraction of sp³-hybridized carbons (Fsp3) is 0.636. The molecule has 12 heteroatoms. The summed E-state index contributed by atoms with van der Waals surface area (Å²) >= 11 is 0. The number of nitro benzene ring substituents is 1. The van der Waals surface area contributed by atoms with Crippen molar-refractivity contribution in [2.24, 2.45) is 5.73 Å². The summed E-state index contributed by atoms with van der Waals surface area (Å²) in [5.41, 5.74) is 4.77. The number of ether oxygens (including phenoxy) is 3. The van der Waals surface area contributed by atoms with Gasteiger partial charge in [-0.2, -0.15) is 0 Å². The van der Waals surface area contributed by atoms with Gasteiger partial charge in [-0.3, -0.25) is 19.8 Å². The molecule has 1 saturated heterocycles. The van der Waals surface area contributed by atoms with Crippen LogP contribution in [0.2, 0.25) is 0 Å². The van der Waals surface area contributed by atoms with Gasteiger partial charge in [0.25, 0.3) is 5.69 Å². The van der Waals surface area contributed by atoms with Crippen molar-refractivity contribution in [3.8, 4) is 5.75 Å². The molecule has 190 valence electrons. The second-order valence-corrected chi connectivity index (χ2v) is 8.94. The summed E-state index contributed by atoms with van der Waals surface area (Å²) in [5, 5.41) is 17.3. The smallest absolute Gasteiger partial charge is 0.407 e. The van der Waals surface area contributed by atoms with Gasteiger partial charge in [0.15, 0.2) is 5.69 Å². The predicted octanol–water partition coefficient (Wildman–Crippen LogP) is 2.12. The van der Waals surface area contributed by atoms with Crippen molar-refractivity contribution in [2.75, 3.05) is 57.9 Å². The van der Waals surface area contributed by atoms with E-state index in [4.69, 9.17) is 19.9 Å². The highest BCUT2D eigenvalue weighted by Crippen LogP contribution is 2.36. The van der Waals surface area contributed by atoms with E-state index in [0.717, 1.165) is 25.7 Å². The van der Waals surface area contributed by atoms with Crippen LogP contribution in [0, 0.1) is 10.1 Å². The summed E-state index contributed by atoms with van der Waals surface area (Å²) in [6, 6.07) is 2.53. The Morgan fingerprint density at radius 1 is 1.21 bits per heavy atom. The SMILES string of the molecule is CC(C)(C)NC(=O)OCCCNc1c(OCCCN2CCOCC2)cc(C(N)=O)cc1[N+](=O)[O-]. The third-order valence-electron chi connectivity index (χ3n) is 4.88. The second kappa shape index (κ2) is 12.9. The number of carbonyl (C=O) groups is 2. The number of nitrogens with one attached hydrogen (secondary N) is 2. The van der Waals surface area contributed by atoms with Crippen LogP contribution in [0.25, 0.3) is 0 Å². The van der Waals surface area contributed by atoms with Gasteiger partial charge in [0.2, 0.25) is 5.91 Å². The van der Waals surface area contributed by atoms with Gasteiger partial charge in [-0.25, -0.2) is 4.79 Å². The molecule has 1 aromatic carbocycles. The van der Waals surface area contributed by atoms with Crippen molar-refractivity contribution < 1.29 is 28.7 Å². The molecule has 0 bridgehead atoms. The summed E-state index contributed by atoms with van der Waals surface area (Å²) in [6.45, 7) is 10.1. The minimum Gasteiger partial charge on any atom is -0.491 e. The molecule has 0 saturated carbocycles. The lowest BCUT2D eigenvalue weighted by molar-refractivity contribution is -0.384. The zero-order valence-electron chi connectivity index (χ0n) is 20.1. The Labute approximate surface area is 199 Å². The number of hydrogen-bond donors (Lipinski definition) is 3. The number of rotatable bonds is 12. The van der Waals surface area contributed by atoms with Crippen LogP contribution in [0.15, 0.2) is 12.1 Å². The second-order valence-electron chi connectivity index (χ2n) is 8.94. The Morgan fingerprint density at radius 2 is 1.91 bits per heavy atom. The van der Waals surface area contributed by atoms with E-state index in [9.17, 15) is 19.7 Å². The number of anilines is 1. The van der Waals surface area contributed by atoms with E-state index < -0.39 is 22.5 Å². The van der Waals surface area contributed by atoms with Gasteiger partial charge in [-0.15, -0.1) is 0 Å². The Bertz CT molecular complexity index is 851. The minimum atomic E-state index is -0.786. The van der Waals surface area contributed by atoms with E-state index >= 15 is 0 Å². The molecule has 1 fully saturated rings. The third kappa shape index (κ3) is 9.40. The molecule has 12 nitrogen and oxygen atoms in total. The van der Waals surface area contributed by atoms with Gasteiger partial charge in [0.1, 0.15) is 5.75 Å². The summed E-state index contributed by atoms with van der Waals surface area (Å²) < 4.78 is 16.3. The third-order valence-corrected chi connectivity index (χ3v) is 4.88. The van der Waals surface area contributed by atoms with Gasteiger partial charge in [0.05, 0.1) is 31.4 Å². The molecular formula is C22H35N5O7. The molecule has 34 heavy (non-hydrogen) atoms. The fourth-order valence-electron chi connectivity index (χ4n) is 3.27. The van der Waals surface area contributed by atoms with Crippen LogP contribution in [0.4, 0.5) is 16.2 Å². The van der Waals surface area contributed by atoms with E-state index in [0.29, 0.717) is 32.7 Å². The first-order valence-electron chi connectivity index (χ1n) is 11.3. The molecule has 0 unspecified atom stereocenters. The molecule has 4 N–H and O–H groups in total. The number of nitrogens with two attached hydrogens (primary N) is 1. The molecule has 0 atom stereocenters. The Hall–Kier alpha value is -3.12. The average Bonchev–Trinajstić information content (AvgIpc) is 2.76. The van der Waals surface area contributed by atoms with Crippen molar-refractivity contribution in [2.45, 2.75) is 39.2 Å². The van der Waals surface area contributed by atoms with Crippen LogP contribution >= 0.6 is 0 Å². The van der Waals surface area contributed by atoms with E-state index in [2.05, 4.69) is 15.5 Å². The van der Waals surface area contributed by atoms with Crippen LogP contribution in [0.5, 0.6) is 5.75 Å². The molecule has 0 radical (unpaired) electrons. The number of hydrogen-bond acceptors (Lipinski definition) is 9. The number of benzene rings is 1. The average molecular weight is 482 g/mol. The molecule has 1 heterocycles. The number of primary amides is 1. The summed E-state index contributed by atoms with van der Waals surface area (Å²) in [7, 11) is 0. The number of amides is 2. The van der Waals surface area contributed by atoms with Crippen LogP contribution in [0.3, 0.4) is 0 Å². The maximum absolute atomic E-state index is 11.7. The first kappa shape index (κ1) is 27.1. The predicted molar refractivity (Wildman–Crippen MR) is 126 cm³/mol. The molecule has 0 spiro atoms. The number of morpholine rings is 1. The highest BCUT2D eigenvalue weighted by atomic mass is 16.6. The number of carbonyl (C=O) groups excluding carboxylic acids is 2. The van der Waals surface area contributed by atoms with Gasteiger partial charge >= 0.3 is 6.09 Å². The minimum absolute atomic E-state index is 0.0115. The largest absolute Gasteiger partial charge is 0.491 e. The van der Waals surface area contributed by atoms with Gasteiger partial charge in [-0.05, 0) is 39.7 Å². The van der Waals surface area contributed by atoms with Crippen molar-refractivity contribution >= 4 is 23.4 Å². The van der Waals surface area contributed by atoms with Crippen LogP contribution in [-0.2, 0) is 9.47 Å². The van der Waals surface area contributed by atoms with Gasteiger partial charge in [0, 0.05) is 43.3 Å². The maximum atomic E-state index is 11.7. The molecule has 2 rings (SSSR count). The van der Waals surface area contributed by atoms with Crippen LogP contribution in [-0.4, -0.2) is 80.0 Å². The Balaban J connectivity index is 1.99. The Kier molecular flexibility index (Phi) is 10.3. The molecule has 2 amide bonds. The Morgan fingerprint density at radius 3 is 2.53 bits per heavy atom. The first-order chi connectivity index (χ1) is 16.1. The quantitative estimate of drug-likeness (QED) is 0.231.